The monoisotopic (exact) mass is 190 g/mol. The van der Waals surface area contributed by atoms with E-state index in [4.69, 9.17) is 12.7 Å². The van der Waals surface area contributed by atoms with Crippen molar-refractivity contribution in [2.75, 3.05) is 13.1 Å². The molecule has 70 valence electrons. The quantitative estimate of drug-likeness (QED) is 0.313. The van der Waals surface area contributed by atoms with Crippen molar-refractivity contribution < 1.29 is 9.46 Å². The summed E-state index contributed by atoms with van der Waals surface area (Å²) in [5.41, 5.74) is 0. The van der Waals surface area contributed by atoms with E-state index in [1.54, 1.807) is 0 Å². The summed E-state index contributed by atoms with van der Waals surface area (Å²) in [7, 11) is 1.85. The molecule has 0 saturated heterocycles. The highest BCUT2D eigenvalue weighted by Gasteiger charge is 2.13. The van der Waals surface area contributed by atoms with Gasteiger partial charge in [0.15, 0.2) is 0 Å². The molecule has 6 heteroatoms. The van der Waals surface area contributed by atoms with E-state index >= 15 is 0 Å². The predicted molar refractivity (Wildman–Crippen MR) is 51.3 cm³/mol. The van der Waals surface area contributed by atoms with E-state index in [0.29, 0.717) is 19.4 Å². The zero-order valence-electron chi connectivity index (χ0n) is 7.42. The summed E-state index contributed by atoms with van der Waals surface area (Å²) in [6.07, 6.45) is 2.26. The molecular formula is C6H16BN2O2P. The molecule has 0 rings (SSSR count). The molecular weight excluding hydrogens is 174 g/mol. The van der Waals surface area contributed by atoms with Gasteiger partial charge in [-0.25, -0.2) is 10.2 Å². The van der Waals surface area contributed by atoms with Gasteiger partial charge in [0.25, 0.3) is 0 Å². The molecule has 0 aromatic carbocycles. The molecule has 1 unspecified atom stereocenters. The molecule has 0 aromatic rings. The maximum Gasteiger partial charge on any atom is 0.338 e. The Morgan fingerprint density at radius 1 is 1.42 bits per heavy atom. The minimum absolute atomic E-state index is 0.354. The molecule has 0 aromatic heterocycles. The van der Waals surface area contributed by atoms with Gasteiger partial charge in [-0.1, -0.05) is 19.7 Å². The molecule has 0 spiro atoms. The van der Waals surface area contributed by atoms with Crippen LogP contribution < -0.4 is 10.2 Å². The summed E-state index contributed by atoms with van der Waals surface area (Å²) in [6.45, 7) is 2.94. The first-order valence-electron chi connectivity index (χ1n) is 4.15. The zero-order chi connectivity index (χ0) is 9.45. The van der Waals surface area contributed by atoms with Crippen LogP contribution in [-0.2, 0) is 4.57 Å². The van der Waals surface area contributed by atoms with Crippen molar-refractivity contribution in [3.8, 4) is 0 Å². The lowest BCUT2D eigenvalue weighted by atomic mass is 10.1. The summed E-state index contributed by atoms with van der Waals surface area (Å²) < 4.78 is 11.1. The van der Waals surface area contributed by atoms with E-state index in [9.17, 15) is 4.57 Å². The van der Waals surface area contributed by atoms with E-state index in [1.165, 1.54) is 0 Å². The maximum absolute atomic E-state index is 11.1. The predicted octanol–water partition coefficient (Wildman–Crippen LogP) is 0.653. The molecule has 12 heavy (non-hydrogen) atoms. The van der Waals surface area contributed by atoms with Crippen LogP contribution in [0.5, 0.6) is 0 Å². The molecule has 0 aliphatic carbocycles. The summed E-state index contributed by atoms with van der Waals surface area (Å²) in [5, 5.41) is 4.98. The van der Waals surface area contributed by atoms with Gasteiger partial charge in [-0.2, -0.15) is 0 Å². The van der Waals surface area contributed by atoms with Crippen LogP contribution in [0.25, 0.3) is 0 Å². The molecule has 0 bridgehead atoms. The largest absolute Gasteiger partial charge is 0.338 e. The fourth-order valence-corrected chi connectivity index (χ4v) is 1.68. The van der Waals surface area contributed by atoms with Crippen LogP contribution in [0.2, 0.25) is 6.32 Å². The van der Waals surface area contributed by atoms with Crippen LogP contribution in [0.3, 0.4) is 0 Å². The zero-order valence-corrected chi connectivity index (χ0v) is 8.31. The molecule has 0 amide bonds. The number of rotatable bonds is 7. The lowest BCUT2D eigenvalue weighted by Gasteiger charge is -2.13. The second-order valence-corrected chi connectivity index (χ2v) is 4.32. The lowest BCUT2D eigenvalue weighted by Crippen LogP contribution is -2.23. The van der Waals surface area contributed by atoms with Gasteiger partial charge in [0.2, 0.25) is 0 Å². The van der Waals surface area contributed by atoms with E-state index < -0.39 is 7.67 Å². The van der Waals surface area contributed by atoms with Gasteiger partial charge in [0.1, 0.15) is 0 Å². The van der Waals surface area contributed by atoms with Crippen molar-refractivity contribution in [2.24, 2.45) is 0 Å². The third kappa shape index (κ3) is 6.86. The Bertz CT molecular complexity index is 156. The van der Waals surface area contributed by atoms with Crippen molar-refractivity contribution in [3.63, 3.8) is 0 Å². The highest BCUT2D eigenvalue weighted by atomic mass is 31.2. The molecule has 0 aliphatic heterocycles. The van der Waals surface area contributed by atoms with Gasteiger partial charge < -0.3 is 4.89 Å². The van der Waals surface area contributed by atoms with Crippen LogP contribution in [0, 0.1) is 0 Å². The molecule has 0 fully saturated rings. The number of hydrogen-bond acceptors (Lipinski definition) is 1. The molecule has 3 N–H and O–H groups in total. The van der Waals surface area contributed by atoms with Crippen molar-refractivity contribution in [2.45, 2.75) is 26.1 Å². The summed E-state index contributed by atoms with van der Waals surface area (Å²) in [5.74, 6) is 0. The number of unbranched alkanes of at least 4 members (excludes halogenated alkanes) is 1. The highest BCUT2D eigenvalue weighted by Crippen LogP contribution is 2.28. The van der Waals surface area contributed by atoms with Crippen molar-refractivity contribution in [3.05, 3.63) is 0 Å². The standard InChI is InChI=1S/C6H16BN2O2P/c1-2-3-5-8-12(10,11)9-6-4-7/h2-6H2,1H3,(H3,8,9,10,11). The van der Waals surface area contributed by atoms with Crippen LogP contribution in [0.15, 0.2) is 0 Å². The fourth-order valence-electron chi connectivity index (χ4n) is 0.679. The van der Waals surface area contributed by atoms with E-state index in [2.05, 4.69) is 10.2 Å². The van der Waals surface area contributed by atoms with Gasteiger partial charge >= 0.3 is 7.67 Å². The van der Waals surface area contributed by atoms with Crippen LogP contribution in [-0.4, -0.2) is 25.8 Å². The SMILES string of the molecule is [B]CCNP(=O)(O)NCCCC. The van der Waals surface area contributed by atoms with Crippen molar-refractivity contribution in [1.82, 2.24) is 10.2 Å². The minimum Gasteiger partial charge on any atom is -0.322 e. The smallest absolute Gasteiger partial charge is 0.322 e. The maximum atomic E-state index is 11.1. The first-order chi connectivity index (χ1) is 5.62. The first-order valence-corrected chi connectivity index (χ1v) is 5.81. The van der Waals surface area contributed by atoms with Gasteiger partial charge in [0.05, 0.1) is 7.85 Å². The normalized spacial score (nSPS) is 15.8. The minimum atomic E-state index is -3.32. The van der Waals surface area contributed by atoms with Crippen LogP contribution in [0.4, 0.5) is 0 Å². The fraction of sp³-hybridized carbons (Fsp3) is 1.00. The Labute approximate surface area is 75.1 Å². The second kappa shape index (κ2) is 6.67. The molecule has 4 nitrogen and oxygen atoms in total. The van der Waals surface area contributed by atoms with Crippen LogP contribution >= 0.6 is 7.67 Å². The Kier molecular flexibility index (Phi) is 6.76. The van der Waals surface area contributed by atoms with Crippen molar-refractivity contribution in [1.29, 1.82) is 0 Å². The van der Waals surface area contributed by atoms with Gasteiger partial charge in [-0.15, -0.1) is 0 Å². The third-order valence-electron chi connectivity index (χ3n) is 1.33. The molecule has 0 heterocycles. The summed E-state index contributed by atoms with van der Waals surface area (Å²) in [6, 6.07) is 0. The van der Waals surface area contributed by atoms with Gasteiger partial charge in [-0.05, 0) is 13.0 Å². The summed E-state index contributed by atoms with van der Waals surface area (Å²) in [4.78, 5) is 9.15. The molecule has 2 radical (unpaired) electrons. The topological polar surface area (TPSA) is 61.4 Å². The Morgan fingerprint density at radius 3 is 2.50 bits per heavy atom. The molecule has 0 aliphatic rings. The second-order valence-electron chi connectivity index (χ2n) is 2.53. The van der Waals surface area contributed by atoms with E-state index in [1.807, 2.05) is 6.92 Å². The highest BCUT2D eigenvalue weighted by molar-refractivity contribution is 7.53. The lowest BCUT2D eigenvalue weighted by molar-refractivity contribution is 0.447. The Balaban J connectivity index is 3.49. The third-order valence-corrected chi connectivity index (χ3v) is 2.63. The summed E-state index contributed by atoms with van der Waals surface area (Å²) >= 11 is 0. The average molecular weight is 190 g/mol. The number of hydrogen-bond donors (Lipinski definition) is 3. The Morgan fingerprint density at radius 2 is 2.00 bits per heavy atom. The van der Waals surface area contributed by atoms with Gasteiger partial charge in [-0.3, -0.25) is 4.57 Å². The average Bonchev–Trinajstić information content (AvgIpc) is 2.01. The molecule has 0 saturated carbocycles. The van der Waals surface area contributed by atoms with Gasteiger partial charge in [0, 0.05) is 6.54 Å². The van der Waals surface area contributed by atoms with E-state index in [0.717, 1.165) is 12.8 Å². The Hall–Kier alpha value is 0.175. The van der Waals surface area contributed by atoms with E-state index in [-0.39, 0.29) is 0 Å². The number of nitrogens with one attached hydrogen (secondary N) is 2. The van der Waals surface area contributed by atoms with Crippen molar-refractivity contribution >= 4 is 15.5 Å². The first kappa shape index (κ1) is 12.2. The molecule has 1 atom stereocenters. The van der Waals surface area contributed by atoms with Crippen LogP contribution in [0.1, 0.15) is 19.8 Å².